The highest BCUT2D eigenvalue weighted by molar-refractivity contribution is 7.89. The molecular formula is C23H30N2O4S. The van der Waals surface area contributed by atoms with Gasteiger partial charge in [-0.05, 0) is 48.9 Å². The summed E-state index contributed by atoms with van der Waals surface area (Å²) in [5, 5.41) is 2.96. The summed E-state index contributed by atoms with van der Waals surface area (Å²) in [5.74, 6) is 0.782. The van der Waals surface area contributed by atoms with Crippen LogP contribution in [-0.4, -0.2) is 44.6 Å². The lowest BCUT2D eigenvalue weighted by molar-refractivity contribution is -0.126. The number of ether oxygens (including phenoxy) is 1. The Hall–Kier alpha value is -2.38. The number of nitrogens with zero attached hydrogens (tertiary/aromatic N) is 1. The van der Waals surface area contributed by atoms with Gasteiger partial charge in [0.05, 0.1) is 12.9 Å². The van der Waals surface area contributed by atoms with Gasteiger partial charge >= 0.3 is 0 Å². The van der Waals surface area contributed by atoms with Gasteiger partial charge in [0.15, 0.2) is 0 Å². The van der Waals surface area contributed by atoms with Crippen molar-refractivity contribution < 1.29 is 17.9 Å². The van der Waals surface area contributed by atoms with Gasteiger partial charge in [-0.25, -0.2) is 12.7 Å². The Bertz CT molecular complexity index is 906. The zero-order valence-corrected chi connectivity index (χ0v) is 18.2. The molecule has 162 valence electrons. The molecule has 0 radical (unpaired) electrons. The standard InChI is InChI=1S/C23H30N2O4S/c1-29-22-11-9-20(10-12-22)18-24-23(26)21-13-15-25(16-14-21)30(27,28)17-5-8-19-6-3-2-4-7-19/h2-4,6-7,9-12,21H,5,8,13-18H2,1H3,(H,24,26). The number of aryl methyl sites for hydroxylation is 1. The number of piperidine rings is 1. The number of rotatable bonds is 9. The largest absolute Gasteiger partial charge is 0.497 e. The molecule has 1 aliphatic heterocycles. The van der Waals surface area contributed by atoms with Crippen LogP contribution in [-0.2, 0) is 27.8 Å². The highest BCUT2D eigenvalue weighted by atomic mass is 32.2. The molecule has 0 atom stereocenters. The first kappa shape index (κ1) is 22.3. The highest BCUT2D eigenvalue weighted by Crippen LogP contribution is 2.21. The molecule has 0 saturated carbocycles. The van der Waals surface area contributed by atoms with Crippen LogP contribution in [0.25, 0.3) is 0 Å². The van der Waals surface area contributed by atoms with Crippen LogP contribution >= 0.6 is 0 Å². The number of methoxy groups -OCH3 is 1. The molecule has 3 rings (SSSR count). The minimum Gasteiger partial charge on any atom is -0.497 e. The predicted octanol–water partition coefficient (Wildman–Crippen LogP) is 2.99. The second kappa shape index (κ2) is 10.6. The number of sulfonamides is 1. The third-order valence-electron chi connectivity index (χ3n) is 5.55. The van der Waals surface area contributed by atoms with E-state index < -0.39 is 10.0 Å². The van der Waals surface area contributed by atoms with Gasteiger partial charge in [0.1, 0.15) is 5.75 Å². The van der Waals surface area contributed by atoms with E-state index >= 15 is 0 Å². The average Bonchev–Trinajstić information content (AvgIpc) is 2.78. The lowest BCUT2D eigenvalue weighted by atomic mass is 9.97. The molecule has 0 aliphatic carbocycles. The SMILES string of the molecule is COc1ccc(CNC(=O)C2CCN(S(=O)(=O)CCCc3ccccc3)CC2)cc1. The number of hydrogen-bond acceptors (Lipinski definition) is 4. The van der Waals surface area contributed by atoms with Crippen LogP contribution in [0.2, 0.25) is 0 Å². The molecular weight excluding hydrogens is 400 g/mol. The Morgan fingerprint density at radius 2 is 1.70 bits per heavy atom. The van der Waals surface area contributed by atoms with Crippen molar-refractivity contribution in [3.8, 4) is 5.75 Å². The number of benzene rings is 2. The Labute approximate surface area is 179 Å². The van der Waals surface area contributed by atoms with E-state index in [0.29, 0.717) is 38.9 Å². The molecule has 30 heavy (non-hydrogen) atoms. The Morgan fingerprint density at radius 1 is 1.03 bits per heavy atom. The van der Waals surface area contributed by atoms with Crippen molar-refractivity contribution in [2.75, 3.05) is 26.0 Å². The summed E-state index contributed by atoms with van der Waals surface area (Å²) < 4.78 is 31.9. The van der Waals surface area contributed by atoms with Crippen molar-refractivity contribution in [1.29, 1.82) is 0 Å². The van der Waals surface area contributed by atoms with Gasteiger partial charge in [0, 0.05) is 25.6 Å². The van der Waals surface area contributed by atoms with Crippen molar-refractivity contribution in [1.82, 2.24) is 9.62 Å². The quantitative estimate of drug-likeness (QED) is 0.664. The second-order valence-electron chi connectivity index (χ2n) is 7.64. The third-order valence-corrected chi connectivity index (χ3v) is 7.51. The minimum atomic E-state index is -3.27. The van der Waals surface area contributed by atoms with Gasteiger partial charge in [-0.3, -0.25) is 4.79 Å². The molecule has 0 aromatic heterocycles. The van der Waals surface area contributed by atoms with Crippen molar-refractivity contribution >= 4 is 15.9 Å². The number of nitrogens with one attached hydrogen (secondary N) is 1. The first-order chi connectivity index (χ1) is 14.5. The predicted molar refractivity (Wildman–Crippen MR) is 118 cm³/mol. The van der Waals surface area contributed by atoms with Crippen LogP contribution in [0.3, 0.4) is 0 Å². The number of carbonyl (C=O) groups excluding carboxylic acids is 1. The lowest BCUT2D eigenvalue weighted by Gasteiger charge is -2.30. The van der Waals surface area contributed by atoms with E-state index in [1.807, 2.05) is 54.6 Å². The van der Waals surface area contributed by atoms with Gasteiger partial charge in [0.2, 0.25) is 15.9 Å². The summed E-state index contributed by atoms with van der Waals surface area (Å²) in [6.45, 7) is 1.28. The van der Waals surface area contributed by atoms with E-state index in [2.05, 4.69) is 5.32 Å². The molecule has 2 aromatic rings. The van der Waals surface area contributed by atoms with Crippen LogP contribution < -0.4 is 10.1 Å². The Balaban J connectivity index is 1.40. The van der Waals surface area contributed by atoms with E-state index in [1.165, 1.54) is 0 Å². The smallest absolute Gasteiger partial charge is 0.223 e. The summed E-state index contributed by atoms with van der Waals surface area (Å²) in [5.41, 5.74) is 2.16. The van der Waals surface area contributed by atoms with Crippen LogP contribution in [0.5, 0.6) is 5.75 Å². The number of amides is 1. The van der Waals surface area contributed by atoms with Gasteiger partial charge in [-0.15, -0.1) is 0 Å². The van der Waals surface area contributed by atoms with Crippen molar-refractivity contribution in [2.45, 2.75) is 32.2 Å². The van der Waals surface area contributed by atoms with Crippen molar-refractivity contribution in [2.24, 2.45) is 5.92 Å². The average molecular weight is 431 g/mol. The topological polar surface area (TPSA) is 75.7 Å². The molecule has 1 fully saturated rings. The van der Waals surface area contributed by atoms with Gasteiger partial charge in [-0.2, -0.15) is 0 Å². The molecule has 1 amide bonds. The Kier molecular flexibility index (Phi) is 7.87. The van der Waals surface area contributed by atoms with Gasteiger partial charge in [0.25, 0.3) is 0 Å². The molecule has 1 aliphatic rings. The first-order valence-electron chi connectivity index (χ1n) is 10.4. The van der Waals surface area contributed by atoms with Crippen LogP contribution in [0, 0.1) is 5.92 Å². The molecule has 0 unspecified atom stereocenters. The van der Waals surface area contributed by atoms with Gasteiger partial charge < -0.3 is 10.1 Å². The maximum atomic E-state index is 12.6. The first-order valence-corrected chi connectivity index (χ1v) is 12.0. The third kappa shape index (κ3) is 6.31. The minimum absolute atomic E-state index is 0.00746. The van der Waals surface area contributed by atoms with Gasteiger partial charge in [-0.1, -0.05) is 42.5 Å². The fraction of sp³-hybridized carbons (Fsp3) is 0.435. The maximum Gasteiger partial charge on any atom is 0.223 e. The van der Waals surface area contributed by atoms with Crippen LogP contribution in [0.15, 0.2) is 54.6 Å². The molecule has 0 spiro atoms. The van der Waals surface area contributed by atoms with E-state index in [1.54, 1.807) is 11.4 Å². The van der Waals surface area contributed by atoms with E-state index in [9.17, 15) is 13.2 Å². The van der Waals surface area contributed by atoms with E-state index in [0.717, 1.165) is 23.3 Å². The molecule has 1 heterocycles. The normalized spacial score (nSPS) is 15.6. The maximum absolute atomic E-state index is 12.6. The lowest BCUT2D eigenvalue weighted by Crippen LogP contribution is -2.43. The number of carbonyl (C=O) groups is 1. The monoisotopic (exact) mass is 430 g/mol. The van der Waals surface area contributed by atoms with Crippen molar-refractivity contribution in [3.63, 3.8) is 0 Å². The van der Waals surface area contributed by atoms with Crippen molar-refractivity contribution in [3.05, 3.63) is 65.7 Å². The molecule has 0 bridgehead atoms. The summed E-state index contributed by atoms with van der Waals surface area (Å²) >= 11 is 0. The van der Waals surface area contributed by atoms with Crippen LogP contribution in [0.1, 0.15) is 30.4 Å². The highest BCUT2D eigenvalue weighted by Gasteiger charge is 2.30. The molecule has 1 saturated heterocycles. The molecule has 7 heteroatoms. The number of hydrogen-bond donors (Lipinski definition) is 1. The van der Waals surface area contributed by atoms with E-state index in [4.69, 9.17) is 4.74 Å². The summed E-state index contributed by atoms with van der Waals surface area (Å²) in [4.78, 5) is 12.5. The fourth-order valence-electron chi connectivity index (χ4n) is 3.71. The Morgan fingerprint density at radius 3 is 2.33 bits per heavy atom. The van der Waals surface area contributed by atoms with E-state index in [-0.39, 0.29) is 17.6 Å². The zero-order valence-electron chi connectivity index (χ0n) is 17.4. The van der Waals surface area contributed by atoms with Crippen LogP contribution in [0.4, 0.5) is 0 Å². The summed E-state index contributed by atoms with van der Waals surface area (Å²) in [6.07, 6.45) is 2.48. The second-order valence-corrected chi connectivity index (χ2v) is 9.73. The summed E-state index contributed by atoms with van der Waals surface area (Å²) in [7, 11) is -1.66. The zero-order chi connectivity index (χ0) is 21.4. The molecule has 6 nitrogen and oxygen atoms in total. The summed E-state index contributed by atoms with van der Waals surface area (Å²) in [6, 6.07) is 17.5. The molecule has 1 N–H and O–H groups in total. The fourth-order valence-corrected chi connectivity index (χ4v) is 5.24. The molecule has 2 aromatic carbocycles.